The molecule has 0 aliphatic rings. The number of methoxy groups -OCH3 is 2. The van der Waals surface area contributed by atoms with Gasteiger partial charge in [-0.25, -0.2) is 23.4 Å². The van der Waals surface area contributed by atoms with Gasteiger partial charge in [0.2, 0.25) is 21.9 Å². The molecule has 0 radical (unpaired) electrons. The highest BCUT2D eigenvalue weighted by Crippen LogP contribution is 2.31. The van der Waals surface area contributed by atoms with Crippen LogP contribution in [0.5, 0.6) is 5.88 Å². The van der Waals surface area contributed by atoms with E-state index in [0.29, 0.717) is 22.4 Å². The van der Waals surface area contributed by atoms with E-state index < -0.39 is 27.4 Å². The highest BCUT2D eigenvalue weighted by molar-refractivity contribution is 7.93. The van der Waals surface area contributed by atoms with Crippen LogP contribution in [0.15, 0.2) is 43.0 Å². The number of halogens is 1. The maximum atomic E-state index is 13.5. The van der Waals surface area contributed by atoms with Crippen LogP contribution in [0.25, 0.3) is 11.5 Å². The molecule has 3 atom stereocenters. The van der Waals surface area contributed by atoms with Crippen LogP contribution >= 0.6 is 11.6 Å². The number of aryl methyl sites for hydroxylation is 1. The number of hydrogen-bond acceptors (Lipinski definition) is 10. The summed E-state index contributed by atoms with van der Waals surface area (Å²) >= 11 is 5.87. The highest BCUT2D eigenvalue weighted by Gasteiger charge is 2.35. The van der Waals surface area contributed by atoms with Crippen molar-refractivity contribution in [2.75, 3.05) is 18.9 Å². The fraction of sp³-hybridized carbons (Fsp3) is 0.364. The molecule has 4 rings (SSSR count). The van der Waals surface area contributed by atoms with Crippen molar-refractivity contribution in [1.29, 1.82) is 0 Å². The third-order valence-electron chi connectivity index (χ3n) is 5.75. The molecule has 0 saturated heterocycles. The molecule has 4 heterocycles. The van der Waals surface area contributed by atoms with Gasteiger partial charge in [0, 0.05) is 44.4 Å². The molecule has 0 saturated carbocycles. The monoisotopic (exact) mass is 547 g/mol. The second kappa shape index (κ2) is 10.8. The number of ether oxygens (including phenoxy) is 2. The van der Waals surface area contributed by atoms with Gasteiger partial charge >= 0.3 is 0 Å². The Morgan fingerprint density at radius 3 is 2.43 bits per heavy atom. The van der Waals surface area contributed by atoms with Gasteiger partial charge < -0.3 is 9.47 Å². The summed E-state index contributed by atoms with van der Waals surface area (Å²) in [5.74, 6) is 0.888. The average molecular weight is 548 g/mol. The van der Waals surface area contributed by atoms with Crippen molar-refractivity contribution in [3.8, 4) is 17.4 Å². The van der Waals surface area contributed by atoms with Crippen molar-refractivity contribution in [3.63, 3.8) is 0 Å². The molecular formula is C22H26ClN9O4S. The van der Waals surface area contributed by atoms with Crippen LogP contribution in [0.4, 0.5) is 5.95 Å². The number of hydrogen-bond donors (Lipinski definition) is 1. The van der Waals surface area contributed by atoms with E-state index in [4.69, 9.17) is 21.1 Å². The van der Waals surface area contributed by atoms with Crippen LogP contribution in [0.1, 0.15) is 37.4 Å². The zero-order chi connectivity index (χ0) is 26.7. The van der Waals surface area contributed by atoms with Crippen LogP contribution in [0, 0.1) is 0 Å². The summed E-state index contributed by atoms with van der Waals surface area (Å²) in [6.45, 7) is 3.37. The first-order valence-corrected chi connectivity index (χ1v) is 13.0. The van der Waals surface area contributed by atoms with E-state index in [-0.39, 0.29) is 11.8 Å². The predicted molar refractivity (Wildman–Crippen MR) is 136 cm³/mol. The molecule has 0 bridgehead atoms. The molecule has 0 aliphatic carbocycles. The van der Waals surface area contributed by atoms with Gasteiger partial charge in [0.05, 0.1) is 24.4 Å². The molecule has 13 nitrogen and oxygen atoms in total. The van der Waals surface area contributed by atoms with Gasteiger partial charge in [-0.1, -0.05) is 17.7 Å². The maximum absolute atomic E-state index is 13.5. The Balaban J connectivity index is 1.74. The molecule has 37 heavy (non-hydrogen) atoms. The first kappa shape index (κ1) is 26.4. The van der Waals surface area contributed by atoms with Gasteiger partial charge in [0.1, 0.15) is 17.0 Å². The molecule has 4 aromatic heterocycles. The largest absolute Gasteiger partial charge is 0.481 e. The third kappa shape index (κ3) is 5.55. The molecule has 196 valence electrons. The normalized spacial score (nSPS) is 14.2. The smallest absolute Gasteiger partial charge is 0.240 e. The Bertz CT molecular complexity index is 1470. The van der Waals surface area contributed by atoms with E-state index in [1.165, 1.54) is 33.5 Å². The van der Waals surface area contributed by atoms with Crippen LogP contribution in [0.2, 0.25) is 5.02 Å². The quantitative estimate of drug-likeness (QED) is 0.313. The molecule has 4 aromatic rings. The predicted octanol–water partition coefficient (Wildman–Crippen LogP) is 2.65. The lowest BCUT2D eigenvalue weighted by Gasteiger charge is -2.23. The van der Waals surface area contributed by atoms with Gasteiger partial charge in [0.15, 0.2) is 11.6 Å². The standard InChI is InChI=1S/C22H26ClN9O4S/c1-13(15-9-26-31(3)12-15)32-21(17-7-6-8-18(27-17)35-4)28-29-22(32)30-37(33,34)14(2)19(36-5)20-24-10-16(23)11-25-20/h6-14,19H,1-5H3,(H,29,30). The van der Waals surface area contributed by atoms with Crippen LogP contribution < -0.4 is 9.46 Å². The molecule has 3 unspecified atom stereocenters. The van der Waals surface area contributed by atoms with E-state index in [1.807, 2.05) is 13.1 Å². The van der Waals surface area contributed by atoms with Crippen molar-refractivity contribution in [2.45, 2.75) is 31.2 Å². The Morgan fingerprint density at radius 1 is 1.08 bits per heavy atom. The number of nitrogens with zero attached hydrogens (tertiary/aromatic N) is 8. The maximum Gasteiger partial charge on any atom is 0.240 e. The first-order chi connectivity index (χ1) is 17.6. The molecule has 0 aliphatic heterocycles. The molecular weight excluding hydrogens is 522 g/mol. The minimum absolute atomic E-state index is 0.00491. The second-order valence-corrected chi connectivity index (χ2v) is 10.6. The summed E-state index contributed by atoms with van der Waals surface area (Å²) in [5.41, 5.74) is 1.26. The Hall–Kier alpha value is -3.62. The highest BCUT2D eigenvalue weighted by atomic mass is 35.5. The second-order valence-electron chi connectivity index (χ2n) is 8.17. The van der Waals surface area contributed by atoms with Crippen LogP contribution in [-0.2, 0) is 21.8 Å². The van der Waals surface area contributed by atoms with E-state index in [2.05, 4.69) is 35.0 Å². The minimum Gasteiger partial charge on any atom is -0.481 e. The SMILES string of the molecule is COc1cccc(-c2nnc(NS(=O)(=O)C(C)C(OC)c3ncc(Cl)cn3)n2C(C)c2cnn(C)c2)n1. The summed E-state index contributed by atoms with van der Waals surface area (Å²) in [7, 11) is 0.608. The van der Waals surface area contributed by atoms with Gasteiger partial charge in [0.25, 0.3) is 0 Å². The molecule has 0 amide bonds. The summed E-state index contributed by atoms with van der Waals surface area (Å²) in [4.78, 5) is 12.7. The number of nitrogens with one attached hydrogen (secondary N) is 1. The van der Waals surface area contributed by atoms with Crippen molar-refractivity contribution in [3.05, 3.63) is 59.4 Å². The van der Waals surface area contributed by atoms with E-state index in [9.17, 15) is 8.42 Å². The average Bonchev–Trinajstić information content (AvgIpc) is 3.51. The van der Waals surface area contributed by atoms with Crippen molar-refractivity contribution in [2.24, 2.45) is 7.05 Å². The number of aromatic nitrogens is 8. The van der Waals surface area contributed by atoms with Gasteiger partial charge in [-0.2, -0.15) is 5.10 Å². The summed E-state index contributed by atoms with van der Waals surface area (Å²) in [5, 5.41) is 11.9. The molecule has 0 fully saturated rings. The van der Waals surface area contributed by atoms with Crippen LogP contribution in [-0.4, -0.2) is 67.4 Å². The zero-order valence-corrected chi connectivity index (χ0v) is 22.3. The third-order valence-corrected chi connectivity index (χ3v) is 7.64. The lowest BCUT2D eigenvalue weighted by molar-refractivity contribution is 0.0950. The molecule has 0 aromatic carbocycles. The zero-order valence-electron chi connectivity index (χ0n) is 20.8. The lowest BCUT2D eigenvalue weighted by atomic mass is 10.2. The topological polar surface area (TPSA) is 152 Å². The van der Waals surface area contributed by atoms with Crippen LogP contribution in [0.3, 0.4) is 0 Å². The van der Waals surface area contributed by atoms with E-state index in [0.717, 1.165) is 5.56 Å². The Morgan fingerprint density at radius 2 is 1.81 bits per heavy atom. The Labute approximate surface area is 218 Å². The summed E-state index contributed by atoms with van der Waals surface area (Å²) in [6, 6.07) is 4.79. The molecule has 0 spiro atoms. The fourth-order valence-corrected chi connectivity index (χ4v) is 4.95. The van der Waals surface area contributed by atoms with Crippen molar-refractivity contribution >= 4 is 27.6 Å². The number of pyridine rings is 1. The van der Waals surface area contributed by atoms with Crippen molar-refractivity contribution in [1.82, 2.24) is 39.5 Å². The van der Waals surface area contributed by atoms with E-state index >= 15 is 0 Å². The summed E-state index contributed by atoms with van der Waals surface area (Å²) in [6.07, 6.45) is 5.30. The fourth-order valence-electron chi connectivity index (χ4n) is 3.72. The molecule has 1 N–H and O–H groups in total. The van der Waals surface area contributed by atoms with Gasteiger partial charge in [-0.05, 0) is 19.9 Å². The number of sulfonamides is 1. The minimum atomic E-state index is -4.07. The lowest BCUT2D eigenvalue weighted by Crippen LogP contribution is -2.33. The first-order valence-electron chi connectivity index (χ1n) is 11.1. The summed E-state index contributed by atoms with van der Waals surface area (Å²) < 4.78 is 43.6. The van der Waals surface area contributed by atoms with Gasteiger partial charge in [-0.3, -0.25) is 14.0 Å². The van der Waals surface area contributed by atoms with Gasteiger partial charge in [-0.15, -0.1) is 10.2 Å². The molecule has 15 heteroatoms. The number of rotatable bonds is 10. The van der Waals surface area contributed by atoms with Crippen molar-refractivity contribution < 1.29 is 17.9 Å². The number of anilines is 1. The van der Waals surface area contributed by atoms with E-state index in [1.54, 1.807) is 40.7 Å². The Kier molecular flexibility index (Phi) is 7.71.